The third-order valence-electron chi connectivity index (χ3n) is 2.18. The van der Waals surface area contributed by atoms with E-state index < -0.39 is 11.7 Å². The SMILES string of the molecule is OC1CC(O)(c2ncc(Br)cn2)C1. The molecule has 2 N–H and O–H groups in total. The quantitative estimate of drug-likeness (QED) is 0.759. The summed E-state index contributed by atoms with van der Waals surface area (Å²) in [5.41, 5.74) is -1.01. The van der Waals surface area contributed by atoms with Crippen molar-refractivity contribution in [1.29, 1.82) is 0 Å². The second-order valence-electron chi connectivity index (χ2n) is 3.32. The molecule has 1 aromatic heterocycles. The lowest BCUT2D eigenvalue weighted by atomic mass is 9.77. The van der Waals surface area contributed by atoms with E-state index in [2.05, 4.69) is 25.9 Å². The number of aliphatic hydroxyl groups excluding tert-OH is 1. The molecule has 4 nitrogen and oxygen atoms in total. The molecular weight excluding hydrogens is 236 g/mol. The van der Waals surface area contributed by atoms with Crippen LogP contribution in [-0.4, -0.2) is 26.3 Å². The average molecular weight is 245 g/mol. The van der Waals surface area contributed by atoms with Gasteiger partial charge in [-0.1, -0.05) is 0 Å². The summed E-state index contributed by atoms with van der Waals surface area (Å²) in [6.07, 6.45) is 3.41. The molecule has 1 aliphatic carbocycles. The maximum atomic E-state index is 9.84. The Hall–Kier alpha value is -0.520. The summed E-state index contributed by atoms with van der Waals surface area (Å²) in [7, 11) is 0. The van der Waals surface area contributed by atoms with Crippen molar-refractivity contribution in [2.24, 2.45) is 0 Å². The van der Waals surface area contributed by atoms with Crippen LogP contribution in [0.25, 0.3) is 0 Å². The molecule has 0 spiro atoms. The molecule has 1 saturated carbocycles. The van der Waals surface area contributed by atoms with Gasteiger partial charge >= 0.3 is 0 Å². The molecule has 0 unspecified atom stereocenters. The summed E-state index contributed by atoms with van der Waals surface area (Å²) >= 11 is 3.21. The van der Waals surface area contributed by atoms with Gasteiger partial charge in [-0.3, -0.25) is 0 Å². The van der Waals surface area contributed by atoms with Gasteiger partial charge in [-0.15, -0.1) is 0 Å². The second kappa shape index (κ2) is 3.01. The van der Waals surface area contributed by atoms with Crippen LogP contribution in [-0.2, 0) is 5.60 Å². The second-order valence-corrected chi connectivity index (χ2v) is 4.23. The lowest BCUT2D eigenvalue weighted by molar-refractivity contribution is -0.124. The van der Waals surface area contributed by atoms with Crippen molar-refractivity contribution in [3.63, 3.8) is 0 Å². The Kier molecular flexibility index (Phi) is 2.09. The summed E-state index contributed by atoms with van der Waals surface area (Å²) in [5.74, 6) is 0.390. The van der Waals surface area contributed by atoms with E-state index in [0.29, 0.717) is 18.7 Å². The average Bonchev–Trinajstić information content (AvgIpc) is 2.03. The number of halogens is 1. The number of hydrogen-bond acceptors (Lipinski definition) is 4. The molecule has 0 aliphatic heterocycles. The fourth-order valence-electron chi connectivity index (χ4n) is 1.45. The molecule has 1 aromatic rings. The topological polar surface area (TPSA) is 66.2 Å². The van der Waals surface area contributed by atoms with E-state index >= 15 is 0 Å². The van der Waals surface area contributed by atoms with E-state index in [0.717, 1.165) is 4.47 Å². The molecule has 5 heteroatoms. The molecule has 2 rings (SSSR count). The Labute approximate surface area is 83.8 Å². The van der Waals surface area contributed by atoms with Crippen molar-refractivity contribution in [3.05, 3.63) is 22.7 Å². The number of nitrogens with zero attached hydrogens (tertiary/aromatic N) is 2. The van der Waals surface area contributed by atoms with Crippen LogP contribution in [0.1, 0.15) is 18.7 Å². The van der Waals surface area contributed by atoms with E-state index in [1.807, 2.05) is 0 Å². The van der Waals surface area contributed by atoms with E-state index in [4.69, 9.17) is 5.11 Å². The summed E-state index contributed by atoms with van der Waals surface area (Å²) in [5, 5.41) is 18.9. The lowest BCUT2D eigenvalue weighted by Crippen LogP contribution is -2.45. The molecule has 13 heavy (non-hydrogen) atoms. The van der Waals surface area contributed by atoms with Gasteiger partial charge in [0.1, 0.15) is 5.60 Å². The zero-order valence-corrected chi connectivity index (χ0v) is 8.40. The highest BCUT2D eigenvalue weighted by Gasteiger charge is 2.45. The molecule has 0 aromatic carbocycles. The highest BCUT2D eigenvalue weighted by molar-refractivity contribution is 9.10. The minimum absolute atomic E-state index is 0.328. The van der Waals surface area contributed by atoms with Crippen LogP contribution in [0, 0.1) is 0 Å². The van der Waals surface area contributed by atoms with Gasteiger partial charge in [0.05, 0.1) is 10.6 Å². The maximum absolute atomic E-state index is 9.84. The maximum Gasteiger partial charge on any atom is 0.160 e. The van der Waals surface area contributed by atoms with Gasteiger partial charge < -0.3 is 10.2 Å². The minimum Gasteiger partial charge on any atom is -0.393 e. The number of hydrogen-bond donors (Lipinski definition) is 2. The normalized spacial score (nSPS) is 32.7. The first kappa shape index (κ1) is 9.05. The Morgan fingerprint density at radius 1 is 1.38 bits per heavy atom. The van der Waals surface area contributed by atoms with Gasteiger partial charge in [-0.05, 0) is 15.9 Å². The third-order valence-corrected chi connectivity index (χ3v) is 2.59. The molecule has 0 bridgehead atoms. The van der Waals surface area contributed by atoms with Crippen LogP contribution in [0.5, 0.6) is 0 Å². The molecular formula is C8H9BrN2O2. The summed E-state index contributed by atoms with van der Waals surface area (Å²) < 4.78 is 0.778. The molecule has 0 amide bonds. The van der Waals surface area contributed by atoms with Crippen molar-refractivity contribution in [3.8, 4) is 0 Å². The lowest BCUT2D eigenvalue weighted by Gasteiger charge is -2.39. The predicted molar refractivity (Wildman–Crippen MR) is 48.9 cm³/mol. The van der Waals surface area contributed by atoms with E-state index in [1.165, 1.54) is 0 Å². The summed E-state index contributed by atoms with van der Waals surface area (Å²) in [6.45, 7) is 0. The highest BCUT2D eigenvalue weighted by atomic mass is 79.9. The van der Waals surface area contributed by atoms with Crippen molar-refractivity contribution >= 4 is 15.9 Å². The van der Waals surface area contributed by atoms with Crippen molar-refractivity contribution < 1.29 is 10.2 Å². The predicted octanol–water partition coefficient (Wildman–Crippen LogP) is 0.581. The largest absolute Gasteiger partial charge is 0.393 e. The molecule has 70 valence electrons. The molecule has 0 saturated heterocycles. The summed E-state index contributed by atoms with van der Waals surface area (Å²) in [6, 6.07) is 0. The van der Waals surface area contributed by atoms with Crippen molar-refractivity contribution in [2.45, 2.75) is 24.5 Å². The van der Waals surface area contributed by atoms with E-state index in [1.54, 1.807) is 12.4 Å². The van der Waals surface area contributed by atoms with Gasteiger partial charge in [0.15, 0.2) is 5.82 Å². The van der Waals surface area contributed by atoms with E-state index in [-0.39, 0.29) is 0 Å². The van der Waals surface area contributed by atoms with Crippen LogP contribution in [0.4, 0.5) is 0 Å². The molecule has 1 fully saturated rings. The van der Waals surface area contributed by atoms with E-state index in [9.17, 15) is 5.11 Å². The number of aromatic nitrogens is 2. The first-order valence-electron chi connectivity index (χ1n) is 3.99. The van der Waals surface area contributed by atoms with Crippen LogP contribution >= 0.6 is 15.9 Å². The van der Waals surface area contributed by atoms with Gasteiger partial charge in [0.2, 0.25) is 0 Å². The van der Waals surface area contributed by atoms with Crippen molar-refractivity contribution in [1.82, 2.24) is 9.97 Å². The Morgan fingerprint density at radius 2 is 1.92 bits per heavy atom. The Bertz CT molecular complexity index is 308. The van der Waals surface area contributed by atoms with Crippen molar-refractivity contribution in [2.75, 3.05) is 0 Å². The first-order valence-corrected chi connectivity index (χ1v) is 4.78. The standard InChI is InChI=1S/C8H9BrN2O2/c9-5-3-10-7(11-4-5)8(13)1-6(12)2-8/h3-4,6,12-13H,1-2H2. The number of aliphatic hydroxyl groups is 2. The number of rotatable bonds is 1. The van der Waals surface area contributed by atoms with Crippen LogP contribution in [0.3, 0.4) is 0 Å². The fourth-order valence-corrected chi connectivity index (χ4v) is 1.66. The Morgan fingerprint density at radius 3 is 2.38 bits per heavy atom. The highest BCUT2D eigenvalue weighted by Crippen LogP contribution is 2.39. The van der Waals surface area contributed by atoms with Gasteiger partial charge in [-0.25, -0.2) is 9.97 Å². The zero-order valence-electron chi connectivity index (χ0n) is 6.81. The third kappa shape index (κ3) is 1.59. The Balaban J connectivity index is 2.22. The molecule has 0 radical (unpaired) electrons. The van der Waals surface area contributed by atoms with Gasteiger partial charge in [0, 0.05) is 25.2 Å². The zero-order chi connectivity index (χ0) is 9.47. The molecule has 1 heterocycles. The molecule has 0 atom stereocenters. The van der Waals surface area contributed by atoms with Crippen LogP contribution in [0.2, 0.25) is 0 Å². The smallest absolute Gasteiger partial charge is 0.160 e. The molecule has 1 aliphatic rings. The van der Waals surface area contributed by atoms with Crippen LogP contribution in [0.15, 0.2) is 16.9 Å². The first-order chi connectivity index (χ1) is 6.10. The summed E-state index contributed by atoms with van der Waals surface area (Å²) in [4.78, 5) is 7.97. The van der Waals surface area contributed by atoms with Gasteiger partial charge in [-0.2, -0.15) is 0 Å². The monoisotopic (exact) mass is 244 g/mol. The minimum atomic E-state index is -1.01. The fraction of sp³-hybridized carbons (Fsp3) is 0.500. The van der Waals surface area contributed by atoms with Gasteiger partial charge in [0.25, 0.3) is 0 Å². The van der Waals surface area contributed by atoms with Crippen LogP contribution < -0.4 is 0 Å².